The van der Waals surface area contributed by atoms with Crippen LogP contribution < -0.4 is 4.74 Å². The number of aromatic nitrogens is 2. The number of fused-ring (bicyclic) bond motifs is 1. The Morgan fingerprint density at radius 3 is 2.39 bits per heavy atom. The Morgan fingerprint density at radius 2 is 1.81 bits per heavy atom. The lowest BCUT2D eigenvalue weighted by Crippen LogP contribution is -2.25. The Hall–Kier alpha value is -2.50. The average molecular weight is 567 g/mol. The Kier molecular flexibility index (Phi) is 9.13. The predicted octanol–water partition coefficient (Wildman–Crippen LogP) is 5.89. The van der Waals surface area contributed by atoms with Gasteiger partial charge in [0.05, 0.1) is 46.7 Å². The van der Waals surface area contributed by atoms with Gasteiger partial charge in [0.2, 0.25) is 5.90 Å². The van der Waals surface area contributed by atoms with E-state index in [1.807, 2.05) is 6.92 Å². The van der Waals surface area contributed by atoms with Crippen molar-refractivity contribution >= 4 is 52.0 Å². The lowest BCUT2D eigenvalue weighted by molar-refractivity contribution is -0.137. The summed E-state index contributed by atoms with van der Waals surface area (Å²) in [6.45, 7) is 1.01. The number of hydrogen-bond donors (Lipinski definition) is 2. The SMILES string of the molecule is CC/C=C(/N=C(OC)c1cn2cc(C(F)(F)F)cc(Cl)c2n1)c1cc(Cl)c(OC(CO)CO)cc1Cl. The number of aliphatic hydroxyl groups is 2. The standard InChI is InChI=1S/C23H21Cl3F3N3O4/c1-3-4-18(14-6-16(25)20(7-15(14)24)36-13(10-33)11-34)31-22(35-2)19-9-32-8-12(23(27,28)29)5-17(26)21(32)30-19/h4-9,13,33-34H,3,10-11H2,1-2H3/b18-4+,31-22?. The van der Waals surface area contributed by atoms with Gasteiger partial charge in [0, 0.05) is 24.0 Å². The third kappa shape index (κ3) is 6.24. The van der Waals surface area contributed by atoms with E-state index in [4.69, 9.17) is 44.3 Å². The van der Waals surface area contributed by atoms with Crippen molar-refractivity contribution < 1.29 is 32.9 Å². The molecule has 2 aromatic heterocycles. The fraction of sp³-hybridized carbons (Fsp3) is 0.304. The number of methoxy groups -OCH3 is 1. The van der Waals surface area contributed by atoms with E-state index in [1.54, 1.807) is 6.08 Å². The molecule has 0 atom stereocenters. The largest absolute Gasteiger partial charge is 0.484 e. The first-order valence-corrected chi connectivity index (χ1v) is 11.6. The van der Waals surface area contributed by atoms with Crippen LogP contribution in [0.25, 0.3) is 11.3 Å². The molecular weight excluding hydrogens is 546 g/mol. The van der Waals surface area contributed by atoms with Gasteiger partial charge in [0.15, 0.2) is 5.65 Å². The highest BCUT2D eigenvalue weighted by atomic mass is 35.5. The summed E-state index contributed by atoms with van der Waals surface area (Å²) in [5, 5.41) is 18.7. The first-order chi connectivity index (χ1) is 17.0. The molecule has 0 spiro atoms. The van der Waals surface area contributed by atoms with Gasteiger partial charge in [0.25, 0.3) is 0 Å². The minimum absolute atomic E-state index is 0.00355. The van der Waals surface area contributed by atoms with E-state index in [0.717, 1.165) is 16.7 Å². The molecule has 7 nitrogen and oxygen atoms in total. The number of nitrogens with zero attached hydrogens (tertiary/aromatic N) is 3. The van der Waals surface area contributed by atoms with Crippen molar-refractivity contribution in [2.24, 2.45) is 4.99 Å². The summed E-state index contributed by atoms with van der Waals surface area (Å²) in [7, 11) is 1.34. The number of pyridine rings is 1. The molecule has 2 N–H and O–H groups in total. The molecule has 0 bridgehead atoms. The Bertz CT molecular complexity index is 1310. The highest BCUT2D eigenvalue weighted by Gasteiger charge is 2.32. The predicted molar refractivity (Wildman–Crippen MR) is 132 cm³/mol. The molecule has 0 aliphatic heterocycles. The second-order valence-corrected chi connectivity index (χ2v) is 8.64. The molecule has 0 unspecified atom stereocenters. The number of benzene rings is 1. The molecule has 0 saturated carbocycles. The Balaban J connectivity index is 2.06. The first-order valence-electron chi connectivity index (χ1n) is 10.5. The number of aliphatic imine (C=N–C) groups is 1. The smallest absolute Gasteiger partial charge is 0.417 e. The van der Waals surface area contributed by atoms with Crippen molar-refractivity contribution in [3.63, 3.8) is 0 Å². The van der Waals surface area contributed by atoms with Crippen molar-refractivity contribution in [2.75, 3.05) is 20.3 Å². The molecule has 2 heterocycles. The minimum atomic E-state index is -4.59. The summed E-state index contributed by atoms with van der Waals surface area (Å²) in [5.41, 5.74) is 0.0654. The second kappa shape index (κ2) is 11.7. The van der Waals surface area contributed by atoms with E-state index in [-0.39, 0.29) is 38.1 Å². The van der Waals surface area contributed by atoms with Crippen LogP contribution in [-0.4, -0.2) is 51.9 Å². The van der Waals surface area contributed by atoms with Gasteiger partial charge in [-0.3, -0.25) is 0 Å². The first kappa shape index (κ1) is 28.1. The molecule has 13 heteroatoms. The van der Waals surface area contributed by atoms with Crippen molar-refractivity contribution in [1.29, 1.82) is 0 Å². The van der Waals surface area contributed by atoms with Crippen LogP contribution in [0.5, 0.6) is 5.75 Å². The lowest BCUT2D eigenvalue weighted by atomic mass is 10.1. The van der Waals surface area contributed by atoms with E-state index < -0.39 is 31.1 Å². The molecule has 1 aromatic carbocycles. The summed E-state index contributed by atoms with van der Waals surface area (Å²) in [6.07, 6.45) is -0.991. The molecule has 0 fully saturated rings. The fourth-order valence-corrected chi connectivity index (χ4v) is 3.88. The summed E-state index contributed by atoms with van der Waals surface area (Å²) >= 11 is 18.8. The maximum Gasteiger partial charge on any atom is 0.417 e. The Morgan fingerprint density at radius 1 is 1.11 bits per heavy atom. The van der Waals surface area contributed by atoms with Crippen molar-refractivity contribution in [3.05, 3.63) is 68.6 Å². The minimum Gasteiger partial charge on any atom is -0.484 e. The van der Waals surface area contributed by atoms with E-state index in [2.05, 4.69) is 9.98 Å². The number of allylic oxidation sites excluding steroid dienone is 1. The van der Waals surface area contributed by atoms with Crippen LogP contribution in [0, 0.1) is 0 Å². The number of rotatable bonds is 8. The number of hydrogen-bond acceptors (Lipinski definition) is 6. The number of imidazole rings is 1. The molecule has 3 aromatic rings. The van der Waals surface area contributed by atoms with Crippen LogP contribution in [-0.2, 0) is 10.9 Å². The fourth-order valence-electron chi connectivity index (χ4n) is 3.17. The summed E-state index contributed by atoms with van der Waals surface area (Å²) in [4.78, 5) is 8.77. The van der Waals surface area contributed by atoms with Crippen LogP contribution >= 0.6 is 34.8 Å². The van der Waals surface area contributed by atoms with Crippen LogP contribution in [0.15, 0.2) is 41.7 Å². The van der Waals surface area contributed by atoms with Gasteiger partial charge in [-0.05, 0) is 18.6 Å². The number of aliphatic hydroxyl groups excluding tert-OH is 2. The zero-order valence-electron chi connectivity index (χ0n) is 19.0. The molecule has 0 radical (unpaired) electrons. The van der Waals surface area contributed by atoms with E-state index in [0.29, 0.717) is 17.7 Å². The zero-order chi connectivity index (χ0) is 26.6. The van der Waals surface area contributed by atoms with Gasteiger partial charge in [-0.25, -0.2) is 9.98 Å². The van der Waals surface area contributed by atoms with E-state index in [9.17, 15) is 23.4 Å². The molecule has 0 aliphatic carbocycles. The third-order valence-electron chi connectivity index (χ3n) is 4.86. The van der Waals surface area contributed by atoms with Gasteiger partial charge in [-0.1, -0.05) is 47.8 Å². The van der Waals surface area contributed by atoms with Gasteiger partial charge in [-0.15, -0.1) is 0 Å². The second-order valence-electron chi connectivity index (χ2n) is 7.42. The van der Waals surface area contributed by atoms with E-state index in [1.165, 1.54) is 25.4 Å². The molecule has 0 aliphatic rings. The molecule has 0 amide bonds. The Labute approximate surface area is 219 Å². The summed E-state index contributed by atoms with van der Waals surface area (Å²) in [5.74, 6) is 0.150. The van der Waals surface area contributed by atoms with Crippen LogP contribution in [0.1, 0.15) is 30.2 Å². The highest BCUT2D eigenvalue weighted by molar-refractivity contribution is 6.35. The van der Waals surface area contributed by atoms with Crippen LogP contribution in [0.4, 0.5) is 13.2 Å². The quantitative estimate of drug-likeness (QED) is 0.262. The highest BCUT2D eigenvalue weighted by Crippen LogP contribution is 2.36. The maximum atomic E-state index is 13.2. The van der Waals surface area contributed by atoms with Crippen molar-refractivity contribution in [3.8, 4) is 5.75 Å². The molecule has 194 valence electrons. The zero-order valence-corrected chi connectivity index (χ0v) is 21.3. The molecular formula is C23H21Cl3F3N3O4. The van der Waals surface area contributed by atoms with E-state index >= 15 is 0 Å². The summed E-state index contributed by atoms with van der Waals surface area (Å²) < 4.78 is 51.5. The third-order valence-corrected chi connectivity index (χ3v) is 5.75. The molecule has 0 saturated heterocycles. The normalized spacial score (nSPS) is 13.1. The topological polar surface area (TPSA) is 88.6 Å². The van der Waals surface area contributed by atoms with Crippen LogP contribution in [0.3, 0.4) is 0 Å². The lowest BCUT2D eigenvalue weighted by Gasteiger charge is -2.17. The van der Waals surface area contributed by atoms with Gasteiger partial charge < -0.3 is 24.1 Å². The van der Waals surface area contributed by atoms with Gasteiger partial charge in [-0.2, -0.15) is 13.2 Å². The van der Waals surface area contributed by atoms with Crippen molar-refractivity contribution in [1.82, 2.24) is 9.38 Å². The van der Waals surface area contributed by atoms with Crippen molar-refractivity contribution in [2.45, 2.75) is 25.6 Å². The monoisotopic (exact) mass is 565 g/mol. The van der Waals surface area contributed by atoms with Gasteiger partial charge in [0.1, 0.15) is 17.5 Å². The number of halogens is 6. The summed E-state index contributed by atoms with van der Waals surface area (Å²) in [6, 6.07) is 3.72. The van der Waals surface area contributed by atoms with Gasteiger partial charge >= 0.3 is 6.18 Å². The number of ether oxygens (including phenoxy) is 2. The number of alkyl halides is 3. The average Bonchev–Trinajstić information content (AvgIpc) is 3.26. The van der Waals surface area contributed by atoms with Crippen LogP contribution in [0.2, 0.25) is 15.1 Å². The molecule has 36 heavy (non-hydrogen) atoms. The molecule has 3 rings (SSSR count). The maximum absolute atomic E-state index is 13.2.